The van der Waals surface area contributed by atoms with Gasteiger partial charge in [-0.05, 0) is 75.0 Å². The standard InChI is InChI=1S/C24H27ClN2O/c1-15-11-16(2)24-21(12-15)20(23(28)13-19-5-3-4-10-26-19)14-22(27-24)17-6-8-18(25)9-7-17/h6-9,11-12,14,19,23,26,28H,3-5,10,13H2,1-2H3. The van der Waals surface area contributed by atoms with Crippen LogP contribution < -0.4 is 5.32 Å². The first kappa shape index (κ1) is 19.4. The molecule has 4 heteroatoms. The van der Waals surface area contributed by atoms with E-state index < -0.39 is 6.10 Å². The first-order chi connectivity index (χ1) is 13.5. The van der Waals surface area contributed by atoms with Crippen molar-refractivity contribution in [2.24, 2.45) is 0 Å². The molecule has 1 saturated heterocycles. The fourth-order valence-electron chi connectivity index (χ4n) is 4.27. The molecule has 0 radical (unpaired) electrons. The number of aliphatic hydroxyl groups excluding tert-OH is 1. The third-order valence-electron chi connectivity index (χ3n) is 5.70. The number of aromatic nitrogens is 1. The summed E-state index contributed by atoms with van der Waals surface area (Å²) in [7, 11) is 0. The first-order valence-corrected chi connectivity index (χ1v) is 10.5. The molecular weight excluding hydrogens is 368 g/mol. The molecule has 2 aromatic carbocycles. The smallest absolute Gasteiger partial charge is 0.0812 e. The summed E-state index contributed by atoms with van der Waals surface area (Å²) in [6, 6.07) is 14.5. The fraction of sp³-hybridized carbons (Fsp3) is 0.375. The van der Waals surface area contributed by atoms with Gasteiger partial charge in [-0.1, -0.05) is 41.8 Å². The van der Waals surface area contributed by atoms with Gasteiger partial charge in [-0.2, -0.15) is 0 Å². The average Bonchev–Trinajstić information content (AvgIpc) is 2.68. The third kappa shape index (κ3) is 4.07. The van der Waals surface area contributed by atoms with Crippen molar-refractivity contribution in [2.75, 3.05) is 6.54 Å². The average molecular weight is 395 g/mol. The Bertz CT molecular complexity index is 978. The number of halogens is 1. The molecule has 1 aromatic heterocycles. The van der Waals surface area contributed by atoms with E-state index in [1.807, 2.05) is 24.3 Å². The molecule has 2 N–H and O–H groups in total. The Morgan fingerprint density at radius 2 is 1.93 bits per heavy atom. The molecule has 1 aliphatic heterocycles. The van der Waals surface area contributed by atoms with Crippen molar-refractivity contribution in [1.29, 1.82) is 0 Å². The minimum atomic E-state index is -0.520. The van der Waals surface area contributed by atoms with Gasteiger partial charge in [0.15, 0.2) is 0 Å². The lowest BCUT2D eigenvalue weighted by atomic mass is 9.92. The van der Waals surface area contributed by atoms with Gasteiger partial charge < -0.3 is 10.4 Å². The Labute approximate surface area is 171 Å². The van der Waals surface area contributed by atoms with Gasteiger partial charge in [-0.25, -0.2) is 4.98 Å². The summed E-state index contributed by atoms with van der Waals surface area (Å²) in [5.74, 6) is 0. The minimum Gasteiger partial charge on any atom is -0.388 e. The lowest BCUT2D eigenvalue weighted by Crippen LogP contribution is -2.35. The second-order valence-corrected chi connectivity index (χ2v) is 8.42. The quantitative estimate of drug-likeness (QED) is 0.593. The molecule has 2 unspecified atom stereocenters. The van der Waals surface area contributed by atoms with Crippen LogP contribution in [0.25, 0.3) is 22.2 Å². The van der Waals surface area contributed by atoms with E-state index in [0.29, 0.717) is 11.1 Å². The maximum atomic E-state index is 11.2. The van der Waals surface area contributed by atoms with Crippen LogP contribution in [0.4, 0.5) is 0 Å². The van der Waals surface area contributed by atoms with Crippen LogP contribution in [0.5, 0.6) is 0 Å². The molecule has 2 atom stereocenters. The van der Waals surface area contributed by atoms with Gasteiger partial charge in [0.1, 0.15) is 0 Å². The molecule has 4 rings (SSSR count). The van der Waals surface area contributed by atoms with Gasteiger partial charge in [-0.15, -0.1) is 0 Å². The number of hydrogen-bond donors (Lipinski definition) is 2. The number of piperidine rings is 1. The van der Waals surface area contributed by atoms with Gasteiger partial charge in [0, 0.05) is 22.0 Å². The molecule has 1 aliphatic rings. The second-order valence-electron chi connectivity index (χ2n) is 7.98. The normalized spacial score (nSPS) is 18.4. The Morgan fingerprint density at radius 1 is 1.14 bits per heavy atom. The number of pyridine rings is 1. The van der Waals surface area contributed by atoms with Crippen molar-refractivity contribution in [2.45, 2.75) is 51.7 Å². The maximum absolute atomic E-state index is 11.2. The number of rotatable bonds is 4. The van der Waals surface area contributed by atoms with Gasteiger partial charge in [-0.3, -0.25) is 0 Å². The summed E-state index contributed by atoms with van der Waals surface area (Å²) in [6.07, 6.45) is 3.79. The largest absolute Gasteiger partial charge is 0.388 e. The molecule has 2 heterocycles. The molecular formula is C24H27ClN2O. The highest BCUT2D eigenvalue weighted by atomic mass is 35.5. The fourth-order valence-corrected chi connectivity index (χ4v) is 4.40. The molecule has 0 spiro atoms. The molecule has 3 nitrogen and oxygen atoms in total. The van der Waals surface area contributed by atoms with E-state index in [-0.39, 0.29) is 0 Å². The summed E-state index contributed by atoms with van der Waals surface area (Å²) in [5, 5.41) is 16.5. The van der Waals surface area contributed by atoms with Crippen LogP contribution in [0.15, 0.2) is 42.5 Å². The Balaban J connectivity index is 1.80. The number of nitrogens with zero attached hydrogens (tertiary/aromatic N) is 1. The van der Waals surface area contributed by atoms with Crippen molar-refractivity contribution in [3.8, 4) is 11.3 Å². The molecule has 0 saturated carbocycles. The predicted octanol–water partition coefficient (Wildman–Crippen LogP) is 5.74. The van der Waals surface area contributed by atoms with Crippen LogP contribution in [0.3, 0.4) is 0 Å². The topological polar surface area (TPSA) is 45.2 Å². The van der Waals surface area contributed by atoms with Gasteiger partial charge in [0.25, 0.3) is 0 Å². The van der Waals surface area contributed by atoms with Crippen LogP contribution in [0.2, 0.25) is 5.02 Å². The summed E-state index contributed by atoms with van der Waals surface area (Å²) in [5.41, 5.74) is 6.14. The van der Waals surface area contributed by atoms with Crippen molar-refractivity contribution >= 4 is 22.5 Å². The zero-order chi connectivity index (χ0) is 19.7. The van der Waals surface area contributed by atoms with Crippen molar-refractivity contribution in [1.82, 2.24) is 10.3 Å². The molecule has 0 aliphatic carbocycles. The molecule has 0 amide bonds. The Kier molecular flexibility index (Phi) is 5.68. The van der Waals surface area contributed by atoms with Crippen LogP contribution >= 0.6 is 11.6 Å². The highest BCUT2D eigenvalue weighted by Gasteiger charge is 2.21. The number of benzene rings is 2. The van der Waals surface area contributed by atoms with Crippen molar-refractivity contribution in [3.63, 3.8) is 0 Å². The van der Waals surface area contributed by atoms with Crippen molar-refractivity contribution < 1.29 is 5.11 Å². The van der Waals surface area contributed by atoms with Gasteiger partial charge in [0.2, 0.25) is 0 Å². The number of fused-ring (bicyclic) bond motifs is 1. The van der Waals surface area contributed by atoms with E-state index in [0.717, 1.165) is 52.7 Å². The maximum Gasteiger partial charge on any atom is 0.0812 e. The lowest BCUT2D eigenvalue weighted by Gasteiger charge is -2.26. The minimum absolute atomic E-state index is 0.372. The van der Waals surface area contributed by atoms with E-state index in [9.17, 15) is 5.11 Å². The summed E-state index contributed by atoms with van der Waals surface area (Å²) >= 11 is 6.06. The number of aryl methyl sites for hydroxylation is 2. The van der Waals surface area contributed by atoms with Crippen LogP contribution in [0.1, 0.15) is 48.5 Å². The monoisotopic (exact) mass is 394 g/mol. The van der Waals surface area contributed by atoms with Crippen LogP contribution in [-0.2, 0) is 0 Å². The molecule has 1 fully saturated rings. The van der Waals surface area contributed by atoms with Crippen LogP contribution in [0, 0.1) is 13.8 Å². The highest BCUT2D eigenvalue weighted by Crippen LogP contribution is 2.33. The molecule has 146 valence electrons. The summed E-state index contributed by atoms with van der Waals surface area (Å²) in [4.78, 5) is 4.94. The zero-order valence-electron chi connectivity index (χ0n) is 16.5. The van der Waals surface area contributed by atoms with Crippen molar-refractivity contribution in [3.05, 3.63) is 64.2 Å². The van der Waals surface area contributed by atoms with E-state index >= 15 is 0 Å². The van der Waals surface area contributed by atoms with E-state index in [1.165, 1.54) is 18.4 Å². The Hall–Kier alpha value is -1.94. The summed E-state index contributed by atoms with van der Waals surface area (Å²) in [6.45, 7) is 5.23. The van der Waals surface area contributed by atoms with Crippen LogP contribution in [-0.4, -0.2) is 22.7 Å². The predicted molar refractivity (Wildman–Crippen MR) is 117 cm³/mol. The number of aliphatic hydroxyl groups is 1. The van der Waals surface area contributed by atoms with E-state index in [1.54, 1.807) is 0 Å². The highest BCUT2D eigenvalue weighted by molar-refractivity contribution is 6.30. The SMILES string of the molecule is Cc1cc(C)c2nc(-c3ccc(Cl)cc3)cc(C(O)CC3CCCCN3)c2c1. The second kappa shape index (κ2) is 8.20. The number of nitrogens with one attached hydrogen (secondary N) is 1. The van der Waals surface area contributed by atoms with Gasteiger partial charge >= 0.3 is 0 Å². The third-order valence-corrected chi connectivity index (χ3v) is 5.95. The summed E-state index contributed by atoms with van der Waals surface area (Å²) < 4.78 is 0. The van der Waals surface area contributed by atoms with E-state index in [4.69, 9.17) is 16.6 Å². The zero-order valence-corrected chi connectivity index (χ0v) is 17.3. The lowest BCUT2D eigenvalue weighted by molar-refractivity contribution is 0.146. The Morgan fingerprint density at radius 3 is 2.64 bits per heavy atom. The molecule has 0 bridgehead atoms. The molecule has 3 aromatic rings. The molecule has 28 heavy (non-hydrogen) atoms. The first-order valence-electron chi connectivity index (χ1n) is 10.1. The van der Waals surface area contributed by atoms with Gasteiger partial charge in [0.05, 0.1) is 17.3 Å². The van der Waals surface area contributed by atoms with E-state index in [2.05, 4.69) is 37.4 Å². The number of hydrogen-bond acceptors (Lipinski definition) is 3.